The molecular weight excluding hydrogens is 398 g/mol. The lowest BCUT2D eigenvalue weighted by atomic mass is 9.98. The number of aryl methyl sites for hydroxylation is 1. The molecular formula is C27H27N3O2. The number of aromatic nitrogens is 2. The topological polar surface area (TPSA) is 56.1 Å². The molecule has 5 nitrogen and oxygen atoms in total. The maximum atomic E-state index is 12.4. The summed E-state index contributed by atoms with van der Waals surface area (Å²) in [7, 11) is 1.65. The van der Waals surface area contributed by atoms with E-state index in [-0.39, 0.29) is 5.91 Å². The molecule has 0 aliphatic carbocycles. The van der Waals surface area contributed by atoms with Gasteiger partial charge in [0.2, 0.25) is 5.91 Å². The molecule has 0 atom stereocenters. The summed E-state index contributed by atoms with van der Waals surface area (Å²) in [6.45, 7) is 1.26. The van der Waals surface area contributed by atoms with Gasteiger partial charge in [-0.2, -0.15) is 5.10 Å². The summed E-state index contributed by atoms with van der Waals surface area (Å²) >= 11 is 0. The first-order valence-corrected chi connectivity index (χ1v) is 10.8. The van der Waals surface area contributed by atoms with Crippen LogP contribution in [0, 0.1) is 0 Å². The molecule has 0 saturated carbocycles. The molecule has 0 unspecified atom stereocenters. The average molecular weight is 426 g/mol. The van der Waals surface area contributed by atoms with Crippen LogP contribution in [0.4, 0.5) is 0 Å². The normalized spacial score (nSPS) is 10.7. The van der Waals surface area contributed by atoms with Crippen LogP contribution >= 0.6 is 0 Å². The van der Waals surface area contributed by atoms with Crippen molar-refractivity contribution in [1.29, 1.82) is 0 Å². The highest BCUT2D eigenvalue weighted by Gasteiger charge is 2.08. The van der Waals surface area contributed by atoms with Gasteiger partial charge < -0.3 is 10.1 Å². The van der Waals surface area contributed by atoms with Crippen molar-refractivity contribution in [2.24, 2.45) is 0 Å². The molecule has 5 heteroatoms. The monoisotopic (exact) mass is 425 g/mol. The second-order valence-corrected chi connectivity index (χ2v) is 7.68. The minimum Gasteiger partial charge on any atom is -0.497 e. The van der Waals surface area contributed by atoms with Crippen molar-refractivity contribution in [3.05, 3.63) is 108 Å². The van der Waals surface area contributed by atoms with Gasteiger partial charge >= 0.3 is 0 Å². The number of amides is 1. The highest BCUT2D eigenvalue weighted by Crippen LogP contribution is 2.24. The number of nitrogens with one attached hydrogen (secondary N) is 1. The van der Waals surface area contributed by atoms with Gasteiger partial charge in [0.05, 0.1) is 13.7 Å². The fourth-order valence-corrected chi connectivity index (χ4v) is 3.66. The van der Waals surface area contributed by atoms with Crippen molar-refractivity contribution >= 4 is 5.91 Å². The maximum Gasteiger partial charge on any atom is 0.220 e. The SMILES string of the molecule is COc1ccc(CCC(=O)NCc2ccccc2-c2ccc(Cn3cccn3)cc2)cc1. The first-order chi connectivity index (χ1) is 15.7. The van der Waals surface area contributed by atoms with E-state index in [1.165, 1.54) is 5.56 Å². The minimum absolute atomic E-state index is 0.0465. The zero-order valence-electron chi connectivity index (χ0n) is 18.2. The molecule has 0 aliphatic rings. The lowest BCUT2D eigenvalue weighted by molar-refractivity contribution is -0.121. The van der Waals surface area contributed by atoms with E-state index in [0.717, 1.165) is 34.5 Å². The van der Waals surface area contributed by atoms with E-state index < -0.39 is 0 Å². The average Bonchev–Trinajstić information content (AvgIpc) is 3.35. The van der Waals surface area contributed by atoms with Crippen LogP contribution in [0.1, 0.15) is 23.1 Å². The Kier molecular flexibility index (Phi) is 6.98. The molecule has 0 saturated heterocycles. The molecule has 1 N–H and O–H groups in total. The summed E-state index contributed by atoms with van der Waals surface area (Å²) in [4.78, 5) is 12.4. The number of hydrogen-bond donors (Lipinski definition) is 1. The highest BCUT2D eigenvalue weighted by molar-refractivity contribution is 5.77. The number of nitrogens with zero attached hydrogens (tertiary/aromatic N) is 2. The summed E-state index contributed by atoms with van der Waals surface area (Å²) in [6, 6.07) is 26.5. The molecule has 1 amide bonds. The second-order valence-electron chi connectivity index (χ2n) is 7.68. The van der Waals surface area contributed by atoms with Crippen molar-refractivity contribution in [2.45, 2.75) is 25.9 Å². The third-order valence-electron chi connectivity index (χ3n) is 5.46. The Morgan fingerprint density at radius 3 is 2.41 bits per heavy atom. The summed E-state index contributed by atoms with van der Waals surface area (Å²) in [5.41, 5.74) is 5.69. The van der Waals surface area contributed by atoms with Crippen LogP contribution in [0.25, 0.3) is 11.1 Å². The van der Waals surface area contributed by atoms with Gasteiger partial charge in [-0.05, 0) is 52.4 Å². The molecule has 4 rings (SSSR count). The van der Waals surface area contributed by atoms with Crippen molar-refractivity contribution in [2.75, 3.05) is 7.11 Å². The van der Waals surface area contributed by atoms with Gasteiger partial charge in [-0.15, -0.1) is 0 Å². The Hall–Kier alpha value is -3.86. The molecule has 0 spiro atoms. The van der Waals surface area contributed by atoms with E-state index in [1.54, 1.807) is 13.3 Å². The Morgan fingerprint density at radius 1 is 0.938 bits per heavy atom. The summed E-state index contributed by atoms with van der Waals surface area (Å²) in [5, 5.41) is 7.33. The van der Waals surface area contributed by atoms with E-state index in [2.05, 4.69) is 46.8 Å². The van der Waals surface area contributed by atoms with Gasteiger partial charge in [-0.25, -0.2) is 0 Å². The van der Waals surface area contributed by atoms with Gasteiger partial charge in [0.1, 0.15) is 5.75 Å². The first kappa shape index (κ1) is 21.4. The molecule has 0 radical (unpaired) electrons. The van der Waals surface area contributed by atoms with Gasteiger partial charge in [0, 0.05) is 25.4 Å². The Morgan fingerprint density at radius 2 is 1.69 bits per heavy atom. The predicted octanol–water partition coefficient (Wildman–Crippen LogP) is 4.86. The zero-order valence-corrected chi connectivity index (χ0v) is 18.2. The Bertz CT molecular complexity index is 1130. The first-order valence-electron chi connectivity index (χ1n) is 10.8. The number of rotatable bonds is 9. The lowest BCUT2D eigenvalue weighted by Crippen LogP contribution is -2.23. The third-order valence-corrected chi connectivity index (χ3v) is 5.46. The number of methoxy groups -OCH3 is 1. The Labute approximate surface area is 188 Å². The van der Waals surface area contributed by atoms with Crippen molar-refractivity contribution < 1.29 is 9.53 Å². The standard InChI is InChI=1S/C27H27N3O2/c1-32-25-14-9-21(10-15-25)11-16-27(31)28-19-24-5-2-3-6-26(24)23-12-7-22(8-13-23)20-30-18-4-17-29-30/h2-10,12-15,17-18H,11,16,19-20H2,1H3,(H,28,31). The van der Waals surface area contributed by atoms with Crippen LogP contribution in [0.15, 0.2) is 91.3 Å². The number of hydrogen-bond acceptors (Lipinski definition) is 3. The molecule has 162 valence electrons. The lowest BCUT2D eigenvalue weighted by Gasteiger charge is -2.12. The van der Waals surface area contributed by atoms with Crippen LogP contribution in [0.5, 0.6) is 5.75 Å². The van der Waals surface area contributed by atoms with Crippen LogP contribution < -0.4 is 10.1 Å². The van der Waals surface area contributed by atoms with E-state index in [0.29, 0.717) is 19.4 Å². The van der Waals surface area contributed by atoms with Crippen molar-refractivity contribution in [3.63, 3.8) is 0 Å². The van der Waals surface area contributed by atoms with Crippen LogP contribution in [-0.4, -0.2) is 22.8 Å². The summed E-state index contributed by atoms with van der Waals surface area (Å²) in [5.74, 6) is 0.870. The molecule has 32 heavy (non-hydrogen) atoms. The van der Waals surface area contributed by atoms with E-state index >= 15 is 0 Å². The van der Waals surface area contributed by atoms with Crippen LogP contribution in [0.2, 0.25) is 0 Å². The molecule has 0 bridgehead atoms. The maximum absolute atomic E-state index is 12.4. The smallest absolute Gasteiger partial charge is 0.220 e. The highest BCUT2D eigenvalue weighted by atomic mass is 16.5. The largest absolute Gasteiger partial charge is 0.497 e. The van der Waals surface area contributed by atoms with Gasteiger partial charge in [-0.1, -0.05) is 60.7 Å². The quantitative estimate of drug-likeness (QED) is 0.417. The number of ether oxygens (including phenoxy) is 1. The molecule has 0 fully saturated rings. The second kappa shape index (κ2) is 10.4. The van der Waals surface area contributed by atoms with Gasteiger partial charge in [-0.3, -0.25) is 9.48 Å². The predicted molar refractivity (Wildman–Crippen MR) is 126 cm³/mol. The van der Waals surface area contributed by atoms with Gasteiger partial charge in [0.15, 0.2) is 0 Å². The minimum atomic E-state index is 0.0465. The number of benzene rings is 3. The molecule has 3 aromatic carbocycles. The number of carbonyl (C=O) groups is 1. The molecule has 0 aliphatic heterocycles. The van der Waals surface area contributed by atoms with Crippen molar-refractivity contribution in [1.82, 2.24) is 15.1 Å². The Balaban J connectivity index is 1.35. The van der Waals surface area contributed by atoms with Crippen LogP contribution in [-0.2, 0) is 24.3 Å². The van der Waals surface area contributed by atoms with Crippen molar-refractivity contribution in [3.8, 4) is 16.9 Å². The van der Waals surface area contributed by atoms with Crippen LogP contribution in [0.3, 0.4) is 0 Å². The molecule has 4 aromatic rings. The fraction of sp³-hybridized carbons (Fsp3) is 0.185. The molecule has 1 aromatic heterocycles. The zero-order chi connectivity index (χ0) is 22.2. The summed E-state index contributed by atoms with van der Waals surface area (Å²) < 4.78 is 7.08. The number of carbonyl (C=O) groups excluding carboxylic acids is 1. The van der Waals surface area contributed by atoms with E-state index in [4.69, 9.17) is 4.74 Å². The van der Waals surface area contributed by atoms with Gasteiger partial charge in [0.25, 0.3) is 0 Å². The summed E-state index contributed by atoms with van der Waals surface area (Å²) in [6.07, 6.45) is 4.91. The molecule has 1 heterocycles. The van der Waals surface area contributed by atoms with E-state index in [1.807, 2.05) is 53.3 Å². The van der Waals surface area contributed by atoms with E-state index in [9.17, 15) is 4.79 Å². The third kappa shape index (κ3) is 5.64. The fourth-order valence-electron chi connectivity index (χ4n) is 3.66.